The molecule has 1 aromatic carbocycles. The van der Waals surface area contributed by atoms with Gasteiger partial charge in [-0.1, -0.05) is 13.0 Å². The van der Waals surface area contributed by atoms with Crippen molar-refractivity contribution in [2.75, 3.05) is 15.8 Å². The Hall–Kier alpha value is -2.65. The van der Waals surface area contributed by atoms with E-state index in [0.29, 0.717) is 44.7 Å². The van der Waals surface area contributed by atoms with E-state index in [9.17, 15) is 13.2 Å². The van der Waals surface area contributed by atoms with Gasteiger partial charge in [0.05, 0.1) is 17.1 Å². The number of aromatic nitrogens is 1. The van der Waals surface area contributed by atoms with Crippen LogP contribution in [-0.2, 0) is 10.0 Å². The predicted octanol–water partition coefficient (Wildman–Crippen LogP) is 4.73. The maximum atomic E-state index is 12.8. The average molecular weight is 434 g/mol. The van der Waals surface area contributed by atoms with Crippen molar-refractivity contribution < 1.29 is 17.6 Å². The lowest BCUT2D eigenvalue weighted by Crippen LogP contribution is -2.18. The summed E-state index contributed by atoms with van der Waals surface area (Å²) in [7, 11) is -3.42. The normalized spacial score (nSPS) is 11.4. The van der Waals surface area contributed by atoms with Crippen LogP contribution in [0.15, 0.2) is 34.7 Å². The van der Waals surface area contributed by atoms with Crippen LogP contribution >= 0.6 is 11.3 Å². The number of aryl methyl sites for hydroxylation is 2. The van der Waals surface area contributed by atoms with E-state index in [1.54, 1.807) is 39.0 Å². The number of rotatable bonds is 7. The summed E-state index contributed by atoms with van der Waals surface area (Å²) in [5.74, 6) is 1.14. The van der Waals surface area contributed by atoms with Crippen molar-refractivity contribution in [3.63, 3.8) is 0 Å². The molecule has 7 nitrogen and oxygen atoms in total. The van der Waals surface area contributed by atoms with E-state index >= 15 is 0 Å². The number of amides is 1. The lowest BCUT2D eigenvalue weighted by molar-refractivity contribution is 0.102. The molecular formula is C20H23N3O4S2. The van der Waals surface area contributed by atoms with Crippen LogP contribution in [0.25, 0.3) is 10.8 Å². The van der Waals surface area contributed by atoms with Gasteiger partial charge in [0.2, 0.25) is 10.0 Å². The Kier molecular flexibility index (Phi) is 6.09. The molecule has 3 aromatic rings. The van der Waals surface area contributed by atoms with Crippen molar-refractivity contribution in [3.8, 4) is 10.8 Å². The highest BCUT2D eigenvalue weighted by atomic mass is 32.2. The fourth-order valence-electron chi connectivity index (χ4n) is 2.81. The van der Waals surface area contributed by atoms with E-state index in [4.69, 9.17) is 4.42 Å². The molecule has 0 atom stereocenters. The molecule has 0 aliphatic heterocycles. The second-order valence-electron chi connectivity index (χ2n) is 6.70. The van der Waals surface area contributed by atoms with Crippen molar-refractivity contribution in [3.05, 3.63) is 52.2 Å². The molecule has 0 saturated carbocycles. The van der Waals surface area contributed by atoms with E-state index in [-0.39, 0.29) is 11.7 Å². The molecule has 2 N–H and O–H groups in total. The highest BCUT2D eigenvalue weighted by Gasteiger charge is 2.19. The number of hydrogen-bond donors (Lipinski definition) is 2. The first kappa shape index (κ1) is 21.1. The summed E-state index contributed by atoms with van der Waals surface area (Å²) < 4.78 is 32.3. The van der Waals surface area contributed by atoms with Crippen LogP contribution in [0.5, 0.6) is 0 Å². The standard InChI is InChI=1S/C20H23N3O4S2/c1-5-11-29(25,26)23-16-8-6-7-15(13(16)3)22-19(24)18-14(4)21-20(28-18)17-10-9-12(2)27-17/h6-10,23H,5,11H2,1-4H3,(H,22,24). The first-order valence-corrected chi connectivity index (χ1v) is 11.6. The number of thiazole rings is 1. The van der Waals surface area contributed by atoms with E-state index in [2.05, 4.69) is 15.0 Å². The lowest BCUT2D eigenvalue weighted by atomic mass is 10.1. The van der Waals surface area contributed by atoms with Crippen LogP contribution < -0.4 is 10.0 Å². The number of furan rings is 1. The Balaban J connectivity index is 1.83. The summed E-state index contributed by atoms with van der Waals surface area (Å²) in [5.41, 5.74) is 2.23. The van der Waals surface area contributed by atoms with Gasteiger partial charge in [0.15, 0.2) is 10.8 Å². The molecule has 0 aliphatic rings. The minimum atomic E-state index is -3.42. The van der Waals surface area contributed by atoms with E-state index in [1.807, 2.05) is 19.1 Å². The van der Waals surface area contributed by atoms with Crippen LogP contribution in [0.1, 0.15) is 40.0 Å². The first-order chi connectivity index (χ1) is 13.7. The van der Waals surface area contributed by atoms with Gasteiger partial charge in [-0.2, -0.15) is 0 Å². The maximum absolute atomic E-state index is 12.8. The van der Waals surface area contributed by atoms with Crippen LogP contribution in [-0.4, -0.2) is 25.1 Å². The number of carbonyl (C=O) groups excluding carboxylic acids is 1. The zero-order chi connectivity index (χ0) is 21.2. The summed E-state index contributed by atoms with van der Waals surface area (Å²) in [6.07, 6.45) is 0.521. The number of benzene rings is 1. The first-order valence-electron chi connectivity index (χ1n) is 9.16. The number of nitrogens with zero attached hydrogens (tertiary/aromatic N) is 1. The Morgan fingerprint density at radius 3 is 2.52 bits per heavy atom. The molecule has 154 valence electrons. The molecule has 3 rings (SSSR count). The van der Waals surface area contributed by atoms with Crippen molar-refractivity contribution in [1.29, 1.82) is 0 Å². The van der Waals surface area contributed by atoms with Crippen molar-refractivity contribution >= 4 is 38.6 Å². The van der Waals surface area contributed by atoms with Crippen molar-refractivity contribution in [2.45, 2.75) is 34.1 Å². The Morgan fingerprint density at radius 2 is 1.86 bits per heavy atom. The molecule has 0 radical (unpaired) electrons. The maximum Gasteiger partial charge on any atom is 0.267 e. The number of carbonyl (C=O) groups is 1. The third kappa shape index (κ3) is 4.86. The van der Waals surface area contributed by atoms with Crippen LogP contribution in [0, 0.1) is 20.8 Å². The minimum Gasteiger partial charge on any atom is -0.459 e. The monoisotopic (exact) mass is 433 g/mol. The molecule has 0 bridgehead atoms. The highest BCUT2D eigenvalue weighted by Crippen LogP contribution is 2.31. The zero-order valence-corrected chi connectivity index (χ0v) is 18.3. The quantitative estimate of drug-likeness (QED) is 0.561. The Bertz CT molecular complexity index is 1150. The SMILES string of the molecule is CCCS(=O)(=O)Nc1cccc(NC(=O)c2sc(-c3ccc(C)o3)nc2C)c1C. The largest absolute Gasteiger partial charge is 0.459 e. The van der Waals surface area contributed by atoms with E-state index in [1.165, 1.54) is 11.3 Å². The molecule has 1 amide bonds. The fraction of sp³-hybridized carbons (Fsp3) is 0.300. The van der Waals surface area contributed by atoms with Crippen LogP contribution in [0.3, 0.4) is 0 Å². The molecule has 0 aliphatic carbocycles. The van der Waals surface area contributed by atoms with Gasteiger partial charge in [0.25, 0.3) is 5.91 Å². The Labute approximate surface area is 174 Å². The molecule has 0 saturated heterocycles. The van der Waals surface area contributed by atoms with Gasteiger partial charge < -0.3 is 9.73 Å². The Morgan fingerprint density at radius 1 is 1.14 bits per heavy atom. The van der Waals surface area contributed by atoms with Gasteiger partial charge in [-0.25, -0.2) is 13.4 Å². The second-order valence-corrected chi connectivity index (χ2v) is 9.54. The van der Waals surface area contributed by atoms with Gasteiger partial charge >= 0.3 is 0 Å². The molecule has 0 unspecified atom stereocenters. The summed E-state index contributed by atoms with van der Waals surface area (Å²) in [4.78, 5) is 17.7. The minimum absolute atomic E-state index is 0.0398. The number of nitrogens with one attached hydrogen (secondary N) is 2. The van der Waals surface area contributed by atoms with Gasteiger partial charge in [-0.3, -0.25) is 9.52 Å². The zero-order valence-electron chi connectivity index (χ0n) is 16.7. The molecule has 2 heterocycles. The number of anilines is 2. The third-order valence-corrected chi connectivity index (χ3v) is 6.92. The van der Waals surface area contributed by atoms with Crippen LogP contribution in [0.2, 0.25) is 0 Å². The van der Waals surface area contributed by atoms with Gasteiger partial charge in [-0.05, 0) is 57.0 Å². The molecule has 9 heteroatoms. The fourth-order valence-corrected chi connectivity index (χ4v) is 4.93. The molecule has 0 fully saturated rings. The van der Waals surface area contributed by atoms with Crippen LogP contribution in [0.4, 0.5) is 11.4 Å². The third-order valence-electron chi connectivity index (χ3n) is 4.27. The van der Waals surface area contributed by atoms with Crippen molar-refractivity contribution in [2.24, 2.45) is 0 Å². The molecule has 2 aromatic heterocycles. The second kappa shape index (κ2) is 8.38. The van der Waals surface area contributed by atoms with Gasteiger partial charge in [-0.15, -0.1) is 11.3 Å². The smallest absolute Gasteiger partial charge is 0.267 e. The highest BCUT2D eigenvalue weighted by molar-refractivity contribution is 7.92. The number of hydrogen-bond acceptors (Lipinski definition) is 6. The van der Waals surface area contributed by atoms with E-state index in [0.717, 1.165) is 5.76 Å². The topological polar surface area (TPSA) is 101 Å². The summed E-state index contributed by atoms with van der Waals surface area (Å²) >= 11 is 1.25. The predicted molar refractivity (Wildman–Crippen MR) is 116 cm³/mol. The summed E-state index contributed by atoms with van der Waals surface area (Å²) in [6, 6.07) is 8.78. The summed E-state index contributed by atoms with van der Waals surface area (Å²) in [6.45, 7) is 7.18. The van der Waals surface area contributed by atoms with Crippen molar-refractivity contribution in [1.82, 2.24) is 4.98 Å². The van der Waals surface area contributed by atoms with Gasteiger partial charge in [0, 0.05) is 5.69 Å². The van der Waals surface area contributed by atoms with Gasteiger partial charge in [0.1, 0.15) is 10.6 Å². The number of sulfonamides is 1. The average Bonchev–Trinajstić information content (AvgIpc) is 3.24. The van der Waals surface area contributed by atoms with E-state index < -0.39 is 10.0 Å². The summed E-state index contributed by atoms with van der Waals surface area (Å²) in [5, 5.41) is 3.50. The molecule has 29 heavy (non-hydrogen) atoms. The molecule has 0 spiro atoms. The lowest BCUT2D eigenvalue weighted by Gasteiger charge is -2.14. The molecular weight excluding hydrogens is 410 g/mol.